The summed E-state index contributed by atoms with van der Waals surface area (Å²) in [5.41, 5.74) is 5.33. The second-order valence-corrected chi connectivity index (χ2v) is 8.28. The molecule has 0 aliphatic rings. The van der Waals surface area contributed by atoms with Crippen molar-refractivity contribution in [3.63, 3.8) is 0 Å². The van der Waals surface area contributed by atoms with Gasteiger partial charge in [0, 0.05) is 24.4 Å². The Balaban J connectivity index is 1.27. The average molecular weight is 457 g/mol. The Morgan fingerprint density at radius 1 is 1.09 bits per heavy atom. The molecule has 2 aromatic heterocycles. The number of carbonyl (C=O) groups excluding carboxylic acids is 1. The van der Waals surface area contributed by atoms with E-state index in [-0.39, 0.29) is 11.0 Å². The van der Waals surface area contributed by atoms with E-state index >= 15 is 0 Å². The number of amides is 1. The molecule has 33 heavy (non-hydrogen) atoms. The number of nitrogens with one attached hydrogen (secondary N) is 2. The third-order valence-corrected chi connectivity index (χ3v) is 5.33. The second kappa shape index (κ2) is 10.2. The third kappa shape index (κ3) is 5.90. The monoisotopic (exact) mass is 456 g/mol. The highest BCUT2D eigenvalue weighted by molar-refractivity contribution is 7.80. The highest BCUT2D eigenvalue weighted by Gasteiger charge is 2.09. The number of rotatable bonds is 6. The van der Waals surface area contributed by atoms with E-state index in [1.54, 1.807) is 12.3 Å². The van der Waals surface area contributed by atoms with Crippen LogP contribution in [-0.4, -0.2) is 21.0 Å². The van der Waals surface area contributed by atoms with E-state index in [2.05, 4.69) is 46.6 Å². The number of carbonyl (C=O) groups is 1. The number of hydrogen-bond donors (Lipinski definition) is 2. The lowest BCUT2D eigenvalue weighted by molar-refractivity contribution is -0.115. The fourth-order valence-electron chi connectivity index (χ4n) is 3.20. The van der Waals surface area contributed by atoms with Crippen LogP contribution in [0, 0.1) is 0 Å². The lowest BCUT2D eigenvalue weighted by atomic mass is 10.0. The highest BCUT2D eigenvalue weighted by Crippen LogP contribution is 2.23. The molecule has 4 rings (SSSR count). The molecule has 0 saturated heterocycles. The van der Waals surface area contributed by atoms with Gasteiger partial charge in [-0.15, -0.1) is 0 Å². The van der Waals surface area contributed by atoms with Crippen molar-refractivity contribution in [3.05, 3.63) is 89.6 Å². The van der Waals surface area contributed by atoms with E-state index in [0.29, 0.717) is 29.6 Å². The average Bonchev–Trinajstić information content (AvgIpc) is 3.26. The maximum absolute atomic E-state index is 12.1. The summed E-state index contributed by atoms with van der Waals surface area (Å²) in [5, 5.41) is 5.98. The minimum atomic E-state index is -0.277. The van der Waals surface area contributed by atoms with Crippen molar-refractivity contribution in [1.82, 2.24) is 20.6 Å². The van der Waals surface area contributed by atoms with Crippen LogP contribution < -0.4 is 10.6 Å². The molecule has 0 aliphatic heterocycles. The van der Waals surface area contributed by atoms with Crippen molar-refractivity contribution in [2.75, 3.05) is 0 Å². The number of aromatic nitrogens is 2. The van der Waals surface area contributed by atoms with E-state index in [1.807, 2.05) is 48.5 Å². The molecule has 2 aromatic carbocycles. The summed E-state index contributed by atoms with van der Waals surface area (Å²) in [5.74, 6) is 0.724. The van der Waals surface area contributed by atoms with Gasteiger partial charge in [0.15, 0.2) is 16.3 Å². The minimum Gasteiger partial charge on any atom is -0.434 e. The summed E-state index contributed by atoms with van der Waals surface area (Å²) in [6.45, 7) is 4.78. The highest BCUT2D eigenvalue weighted by atomic mass is 32.1. The van der Waals surface area contributed by atoms with E-state index in [0.717, 1.165) is 16.7 Å². The van der Waals surface area contributed by atoms with E-state index in [1.165, 1.54) is 11.6 Å². The number of pyridine rings is 1. The number of benzene rings is 2. The van der Waals surface area contributed by atoms with Gasteiger partial charge in [0.25, 0.3) is 0 Å². The van der Waals surface area contributed by atoms with Crippen LogP contribution in [0.25, 0.3) is 28.8 Å². The van der Waals surface area contributed by atoms with Crippen molar-refractivity contribution < 1.29 is 9.21 Å². The Kier molecular flexibility index (Phi) is 6.90. The van der Waals surface area contributed by atoms with Crippen LogP contribution in [0.3, 0.4) is 0 Å². The van der Waals surface area contributed by atoms with E-state index < -0.39 is 0 Å². The minimum absolute atomic E-state index is 0.272. The van der Waals surface area contributed by atoms with Gasteiger partial charge in [-0.2, -0.15) is 4.98 Å². The largest absolute Gasteiger partial charge is 0.434 e. The molecule has 0 atom stereocenters. The molecule has 166 valence electrons. The standard InChI is InChI=1S/C26H24N4O2S/c1-17(2)20-10-5-18(6-11-20)9-14-23(31)29-26(33)28-16-19-7-12-21(13-8-19)25-30-24-22(32-25)4-3-15-27-24/h3-15,17H,16H2,1-2H3,(H2,28,29,31,33)/b14-9+. The van der Waals surface area contributed by atoms with Crippen LogP contribution in [0.5, 0.6) is 0 Å². The van der Waals surface area contributed by atoms with E-state index in [4.69, 9.17) is 16.6 Å². The Hall–Kier alpha value is -3.84. The third-order valence-electron chi connectivity index (χ3n) is 5.09. The topological polar surface area (TPSA) is 80.0 Å². The quantitative estimate of drug-likeness (QED) is 0.306. The van der Waals surface area contributed by atoms with Gasteiger partial charge in [-0.1, -0.05) is 50.2 Å². The smallest absolute Gasteiger partial charge is 0.250 e. The first kappa shape index (κ1) is 22.4. The molecule has 0 aliphatic carbocycles. The molecule has 4 aromatic rings. The lowest BCUT2D eigenvalue weighted by Gasteiger charge is -2.08. The van der Waals surface area contributed by atoms with Crippen LogP contribution in [0.15, 0.2) is 77.4 Å². The summed E-state index contributed by atoms with van der Waals surface area (Å²) < 4.78 is 5.74. The van der Waals surface area contributed by atoms with Crippen molar-refractivity contribution >= 4 is 40.5 Å². The van der Waals surface area contributed by atoms with Gasteiger partial charge in [-0.3, -0.25) is 10.1 Å². The molecular weight excluding hydrogens is 432 g/mol. The first-order chi connectivity index (χ1) is 16.0. The van der Waals surface area contributed by atoms with Crippen molar-refractivity contribution in [2.24, 2.45) is 0 Å². The van der Waals surface area contributed by atoms with Gasteiger partial charge in [0.2, 0.25) is 11.8 Å². The van der Waals surface area contributed by atoms with Gasteiger partial charge in [0.1, 0.15) is 0 Å². The zero-order valence-corrected chi connectivity index (χ0v) is 19.2. The van der Waals surface area contributed by atoms with E-state index in [9.17, 15) is 4.79 Å². The zero-order valence-electron chi connectivity index (χ0n) is 18.4. The first-order valence-electron chi connectivity index (χ1n) is 10.7. The van der Waals surface area contributed by atoms with Crippen molar-refractivity contribution in [2.45, 2.75) is 26.3 Å². The molecule has 0 spiro atoms. The number of fused-ring (bicyclic) bond motifs is 1. The van der Waals surface area contributed by atoms with Crippen LogP contribution in [-0.2, 0) is 11.3 Å². The Morgan fingerprint density at radius 3 is 2.55 bits per heavy atom. The Labute approximate surface area is 197 Å². The lowest BCUT2D eigenvalue weighted by Crippen LogP contribution is -2.37. The van der Waals surface area contributed by atoms with Gasteiger partial charge in [0.05, 0.1) is 0 Å². The van der Waals surface area contributed by atoms with Gasteiger partial charge >= 0.3 is 0 Å². The molecule has 2 N–H and O–H groups in total. The molecule has 7 heteroatoms. The molecule has 0 saturated carbocycles. The SMILES string of the molecule is CC(C)c1ccc(/C=C/C(=O)NC(=S)NCc2ccc(-c3nc4ncccc4o3)cc2)cc1. The molecule has 2 heterocycles. The van der Waals surface area contributed by atoms with Crippen LogP contribution in [0.1, 0.15) is 36.5 Å². The number of hydrogen-bond acceptors (Lipinski definition) is 5. The molecule has 0 radical (unpaired) electrons. The summed E-state index contributed by atoms with van der Waals surface area (Å²) in [4.78, 5) is 20.7. The van der Waals surface area contributed by atoms with Crippen molar-refractivity contribution in [3.8, 4) is 11.5 Å². The summed E-state index contributed by atoms with van der Waals surface area (Å²) in [6.07, 6.45) is 4.93. The van der Waals surface area contributed by atoms with Crippen LogP contribution in [0.4, 0.5) is 0 Å². The fourth-order valence-corrected chi connectivity index (χ4v) is 3.37. The maximum Gasteiger partial charge on any atom is 0.250 e. The number of oxazole rings is 1. The molecular formula is C26H24N4O2S. The molecule has 6 nitrogen and oxygen atoms in total. The molecule has 0 unspecified atom stereocenters. The zero-order chi connectivity index (χ0) is 23.2. The van der Waals surface area contributed by atoms with Crippen molar-refractivity contribution in [1.29, 1.82) is 0 Å². The normalized spacial score (nSPS) is 11.2. The van der Waals surface area contributed by atoms with Gasteiger partial charge < -0.3 is 9.73 Å². The summed E-state index contributed by atoms with van der Waals surface area (Å²) in [7, 11) is 0. The summed E-state index contributed by atoms with van der Waals surface area (Å²) in [6, 6.07) is 19.5. The number of nitrogens with zero attached hydrogens (tertiary/aromatic N) is 2. The van der Waals surface area contributed by atoms with Gasteiger partial charge in [-0.25, -0.2) is 4.98 Å². The maximum atomic E-state index is 12.1. The summed E-state index contributed by atoms with van der Waals surface area (Å²) >= 11 is 5.24. The fraction of sp³-hybridized carbons (Fsp3) is 0.154. The molecule has 1 amide bonds. The van der Waals surface area contributed by atoms with Crippen LogP contribution >= 0.6 is 12.2 Å². The first-order valence-corrected chi connectivity index (χ1v) is 11.1. The Bertz CT molecular complexity index is 1260. The Morgan fingerprint density at radius 2 is 1.85 bits per heavy atom. The predicted octanol–water partition coefficient (Wildman–Crippen LogP) is 5.22. The molecule has 0 bridgehead atoms. The van der Waals surface area contributed by atoms with Gasteiger partial charge in [-0.05, 0) is 65.2 Å². The second-order valence-electron chi connectivity index (χ2n) is 7.87. The number of thiocarbonyl (C=S) groups is 1. The predicted molar refractivity (Wildman–Crippen MR) is 134 cm³/mol. The van der Waals surface area contributed by atoms with Crippen LogP contribution in [0.2, 0.25) is 0 Å². The molecule has 0 fully saturated rings.